The zero-order valence-electron chi connectivity index (χ0n) is 19.2. The van der Waals surface area contributed by atoms with Gasteiger partial charge in [-0.15, -0.1) is 0 Å². The quantitative estimate of drug-likeness (QED) is 0.461. The largest absolute Gasteiger partial charge is 0.382 e. The molecule has 2 aromatic carbocycles. The number of halogens is 3. The number of benzene rings is 2. The zero-order valence-corrected chi connectivity index (χ0v) is 19.2. The number of nitrogens with one attached hydrogen (secondary N) is 2. The predicted molar refractivity (Wildman–Crippen MR) is 127 cm³/mol. The number of carbonyl (C=O) groups is 1. The highest BCUT2D eigenvalue weighted by atomic mass is 19.1. The first-order valence-electron chi connectivity index (χ1n) is 11.9. The first-order valence-corrected chi connectivity index (χ1v) is 11.9. The summed E-state index contributed by atoms with van der Waals surface area (Å²) in [5.74, 6) is -3.33. The number of amides is 1. The normalized spacial score (nSPS) is 17.5. The lowest BCUT2D eigenvalue weighted by atomic mass is 9.92. The summed E-state index contributed by atoms with van der Waals surface area (Å²) in [6, 6.07) is 7.69. The molecule has 2 N–H and O–H groups in total. The Labute approximate surface area is 193 Å². The monoisotopic (exact) mass is 456 g/mol. The lowest BCUT2D eigenvalue weighted by Crippen LogP contribution is -2.32. The van der Waals surface area contributed by atoms with Crippen molar-refractivity contribution in [3.05, 3.63) is 58.4 Å². The van der Waals surface area contributed by atoms with Crippen molar-refractivity contribution in [2.24, 2.45) is 0 Å². The van der Waals surface area contributed by atoms with Crippen molar-refractivity contribution in [2.75, 3.05) is 5.32 Å². The fourth-order valence-electron chi connectivity index (χ4n) is 5.02. The molecule has 2 aromatic rings. The van der Waals surface area contributed by atoms with Crippen LogP contribution in [0.5, 0.6) is 0 Å². The summed E-state index contributed by atoms with van der Waals surface area (Å²) >= 11 is 0. The van der Waals surface area contributed by atoms with Gasteiger partial charge in [-0.3, -0.25) is 4.79 Å². The van der Waals surface area contributed by atoms with Crippen molar-refractivity contribution in [1.82, 2.24) is 5.32 Å². The third-order valence-corrected chi connectivity index (χ3v) is 6.97. The van der Waals surface area contributed by atoms with Crippen LogP contribution in [0.1, 0.15) is 68.1 Å². The van der Waals surface area contributed by atoms with E-state index in [1.54, 1.807) is 12.1 Å². The molecular weight excluding hydrogens is 425 g/mol. The fourth-order valence-corrected chi connectivity index (χ4v) is 5.02. The third-order valence-electron chi connectivity index (χ3n) is 6.97. The van der Waals surface area contributed by atoms with Gasteiger partial charge in [-0.2, -0.15) is 0 Å². The van der Waals surface area contributed by atoms with Crippen molar-refractivity contribution in [3.63, 3.8) is 0 Å². The summed E-state index contributed by atoms with van der Waals surface area (Å²) in [7, 11) is 0. The Bertz CT molecular complexity index is 1020. The summed E-state index contributed by atoms with van der Waals surface area (Å²) < 4.78 is 45.2. The van der Waals surface area contributed by atoms with Gasteiger partial charge in [0.05, 0.1) is 0 Å². The minimum atomic E-state index is -1.11. The highest BCUT2D eigenvalue weighted by molar-refractivity contribution is 5.96. The second-order valence-corrected chi connectivity index (χ2v) is 9.32. The molecule has 6 heteroatoms. The Morgan fingerprint density at radius 3 is 2.06 bits per heavy atom. The molecule has 0 unspecified atom stereocenters. The Morgan fingerprint density at radius 1 is 0.879 bits per heavy atom. The van der Waals surface area contributed by atoms with E-state index in [2.05, 4.69) is 10.6 Å². The SMILES string of the molecule is Cc1c(F)c(-c2ccc(NC3CCCC3)cc2)c(C)c(F)c1C=C(F)C(=O)NC1CCCC1. The summed E-state index contributed by atoms with van der Waals surface area (Å²) in [4.78, 5) is 12.2. The second kappa shape index (κ2) is 10.0. The number of anilines is 1. The fraction of sp³-hybridized carbons (Fsp3) is 0.444. The molecule has 0 aromatic heterocycles. The molecule has 2 fully saturated rings. The molecule has 0 radical (unpaired) electrons. The molecule has 2 saturated carbocycles. The standard InChI is InChI=1S/C27H31F3N2O/c1-16-22(15-23(28)27(33)32-20-9-5-6-10-20)25(29)17(2)24(26(16)30)18-11-13-21(14-12-18)31-19-7-3-4-8-19/h11-15,19-20,31H,3-10H2,1-2H3,(H,32,33). The van der Waals surface area contributed by atoms with E-state index < -0.39 is 23.4 Å². The predicted octanol–water partition coefficient (Wildman–Crippen LogP) is 6.97. The van der Waals surface area contributed by atoms with Crippen LogP contribution in [0.15, 0.2) is 30.1 Å². The molecule has 176 valence electrons. The molecular formula is C27H31F3N2O. The summed E-state index contributed by atoms with van der Waals surface area (Å²) in [5, 5.41) is 6.11. The van der Waals surface area contributed by atoms with E-state index in [-0.39, 0.29) is 28.3 Å². The van der Waals surface area contributed by atoms with Gasteiger partial charge in [0, 0.05) is 28.9 Å². The van der Waals surface area contributed by atoms with E-state index >= 15 is 8.78 Å². The molecule has 2 aliphatic rings. The van der Waals surface area contributed by atoms with Crippen LogP contribution >= 0.6 is 0 Å². The smallest absolute Gasteiger partial charge is 0.280 e. The van der Waals surface area contributed by atoms with E-state index in [0.717, 1.165) is 50.3 Å². The second-order valence-electron chi connectivity index (χ2n) is 9.32. The Balaban J connectivity index is 1.59. The summed E-state index contributed by atoms with van der Waals surface area (Å²) in [6.45, 7) is 2.89. The molecule has 33 heavy (non-hydrogen) atoms. The molecule has 0 bridgehead atoms. The molecule has 4 rings (SSSR count). The van der Waals surface area contributed by atoms with Crippen molar-refractivity contribution < 1.29 is 18.0 Å². The number of hydrogen-bond acceptors (Lipinski definition) is 2. The maximum atomic E-state index is 15.4. The lowest BCUT2D eigenvalue weighted by Gasteiger charge is -2.17. The van der Waals surface area contributed by atoms with Gasteiger partial charge in [0.2, 0.25) is 0 Å². The zero-order chi connectivity index (χ0) is 23.5. The van der Waals surface area contributed by atoms with E-state index in [0.29, 0.717) is 11.6 Å². The highest BCUT2D eigenvalue weighted by Crippen LogP contribution is 2.35. The Morgan fingerprint density at radius 2 is 1.45 bits per heavy atom. The van der Waals surface area contributed by atoms with Gasteiger partial charge in [-0.1, -0.05) is 37.8 Å². The van der Waals surface area contributed by atoms with Gasteiger partial charge in [-0.25, -0.2) is 13.2 Å². The number of hydrogen-bond donors (Lipinski definition) is 2. The molecule has 0 atom stereocenters. The van der Waals surface area contributed by atoms with Crippen LogP contribution in [0, 0.1) is 25.5 Å². The van der Waals surface area contributed by atoms with Crippen molar-refractivity contribution >= 4 is 17.7 Å². The van der Waals surface area contributed by atoms with Crippen LogP contribution < -0.4 is 10.6 Å². The maximum Gasteiger partial charge on any atom is 0.280 e. The molecule has 0 aliphatic heterocycles. The van der Waals surface area contributed by atoms with E-state index in [1.807, 2.05) is 12.1 Å². The van der Waals surface area contributed by atoms with Crippen molar-refractivity contribution in [3.8, 4) is 11.1 Å². The molecule has 0 spiro atoms. The number of rotatable bonds is 6. The van der Waals surface area contributed by atoms with Crippen molar-refractivity contribution in [2.45, 2.75) is 77.3 Å². The van der Waals surface area contributed by atoms with Gasteiger partial charge in [-0.05, 0) is 74.4 Å². The van der Waals surface area contributed by atoms with Gasteiger partial charge < -0.3 is 10.6 Å². The van der Waals surface area contributed by atoms with Gasteiger partial charge >= 0.3 is 0 Å². The van der Waals surface area contributed by atoms with Gasteiger partial charge in [0.25, 0.3) is 5.91 Å². The third kappa shape index (κ3) is 5.10. The highest BCUT2D eigenvalue weighted by Gasteiger charge is 2.23. The lowest BCUT2D eigenvalue weighted by molar-refractivity contribution is -0.119. The molecule has 1 amide bonds. The first kappa shape index (κ1) is 23.4. The van der Waals surface area contributed by atoms with Crippen LogP contribution in [0.2, 0.25) is 0 Å². The molecule has 2 aliphatic carbocycles. The molecule has 3 nitrogen and oxygen atoms in total. The van der Waals surface area contributed by atoms with Crippen molar-refractivity contribution in [1.29, 1.82) is 0 Å². The maximum absolute atomic E-state index is 15.4. The summed E-state index contributed by atoms with van der Waals surface area (Å²) in [6.07, 6.45) is 9.15. The van der Waals surface area contributed by atoms with Gasteiger partial charge in [0.15, 0.2) is 5.83 Å². The van der Waals surface area contributed by atoms with Crippen LogP contribution in [-0.4, -0.2) is 18.0 Å². The van der Waals surface area contributed by atoms with Crippen LogP contribution in [0.3, 0.4) is 0 Å². The van der Waals surface area contributed by atoms with E-state index in [4.69, 9.17) is 0 Å². The minimum Gasteiger partial charge on any atom is -0.382 e. The molecule has 0 saturated heterocycles. The summed E-state index contributed by atoms with van der Waals surface area (Å²) in [5.41, 5.74) is 1.50. The van der Waals surface area contributed by atoms with E-state index in [1.165, 1.54) is 26.7 Å². The van der Waals surface area contributed by atoms with Crippen LogP contribution in [0.25, 0.3) is 17.2 Å². The molecule has 0 heterocycles. The topological polar surface area (TPSA) is 41.1 Å². The van der Waals surface area contributed by atoms with Gasteiger partial charge in [0.1, 0.15) is 11.6 Å². The van der Waals surface area contributed by atoms with Crippen LogP contribution in [0.4, 0.5) is 18.9 Å². The van der Waals surface area contributed by atoms with E-state index in [9.17, 15) is 9.18 Å². The number of carbonyl (C=O) groups excluding carboxylic acids is 1. The average molecular weight is 457 g/mol. The Kier molecular flexibility index (Phi) is 7.11. The average Bonchev–Trinajstić information content (AvgIpc) is 3.51. The van der Waals surface area contributed by atoms with Crippen LogP contribution in [-0.2, 0) is 4.79 Å². The minimum absolute atomic E-state index is 0.0231. The first-order chi connectivity index (χ1) is 15.8. The Hall–Kier alpha value is -2.76.